The van der Waals surface area contributed by atoms with Crippen molar-refractivity contribution < 1.29 is 22.7 Å². The van der Waals surface area contributed by atoms with Gasteiger partial charge in [-0.2, -0.15) is 13.2 Å². The van der Waals surface area contributed by atoms with Crippen molar-refractivity contribution in [1.82, 2.24) is 9.80 Å². The Balaban J connectivity index is 1.54. The molecule has 8 heteroatoms. The maximum Gasteiger partial charge on any atom is 0.416 e. The Kier molecular flexibility index (Phi) is 6.08. The molecule has 1 aliphatic heterocycles. The lowest BCUT2D eigenvalue weighted by atomic mass is 10.1. The van der Waals surface area contributed by atoms with Crippen LogP contribution in [0.1, 0.15) is 11.1 Å². The number of anilines is 1. The fourth-order valence-electron chi connectivity index (χ4n) is 3.16. The highest BCUT2D eigenvalue weighted by Crippen LogP contribution is 2.30. The minimum atomic E-state index is -4.44. The number of piperazine rings is 1. The van der Waals surface area contributed by atoms with Crippen LogP contribution in [-0.2, 0) is 12.7 Å². The van der Waals surface area contributed by atoms with Crippen molar-refractivity contribution in [3.63, 3.8) is 0 Å². The van der Waals surface area contributed by atoms with Crippen LogP contribution in [0.25, 0.3) is 0 Å². The van der Waals surface area contributed by atoms with Gasteiger partial charge in [-0.1, -0.05) is 24.3 Å². The molecule has 1 N–H and O–H groups in total. The fraction of sp³-hybridized carbons (Fsp3) is 0.350. The first-order chi connectivity index (χ1) is 13.4. The van der Waals surface area contributed by atoms with Crippen molar-refractivity contribution >= 4 is 11.7 Å². The van der Waals surface area contributed by atoms with Crippen molar-refractivity contribution in [3.8, 4) is 5.75 Å². The molecule has 28 heavy (non-hydrogen) atoms. The van der Waals surface area contributed by atoms with Gasteiger partial charge >= 0.3 is 12.2 Å². The molecule has 2 aromatic carbocycles. The summed E-state index contributed by atoms with van der Waals surface area (Å²) in [5, 5.41) is 2.56. The van der Waals surface area contributed by atoms with Crippen molar-refractivity contribution in [2.24, 2.45) is 0 Å². The second kappa shape index (κ2) is 8.52. The number of ether oxygens (including phenoxy) is 1. The third-order valence-electron chi connectivity index (χ3n) is 4.69. The van der Waals surface area contributed by atoms with Crippen molar-refractivity contribution in [2.45, 2.75) is 12.7 Å². The fourth-order valence-corrected chi connectivity index (χ4v) is 3.16. The Bertz CT molecular complexity index is 818. The molecular formula is C20H22F3N3O2. The molecular weight excluding hydrogens is 371 g/mol. The predicted octanol–water partition coefficient (Wildman–Crippen LogP) is 4.06. The van der Waals surface area contributed by atoms with E-state index in [9.17, 15) is 18.0 Å². The molecule has 2 amide bonds. The van der Waals surface area contributed by atoms with Crippen molar-refractivity contribution in [2.75, 3.05) is 38.6 Å². The number of urea groups is 1. The first-order valence-electron chi connectivity index (χ1n) is 8.94. The molecule has 1 heterocycles. The molecule has 1 saturated heterocycles. The van der Waals surface area contributed by atoms with E-state index >= 15 is 0 Å². The van der Waals surface area contributed by atoms with Crippen LogP contribution in [0, 0.1) is 0 Å². The first kappa shape index (κ1) is 20.0. The highest BCUT2D eigenvalue weighted by atomic mass is 19.4. The smallest absolute Gasteiger partial charge is 0.416 e. The third kappa shape index (κ3) is 4.95. The maximum absolute atomic E-state index is 12.8. The van der Waals surface area contributed by atoms with Crippen LogP contribution in [0.15, 0.2) is 48.5 Å². The molecule has 5 nitrogen and oxygen atoms in total. The molecule has 0 aromatic heterocycles. The number of alkyl halides is 3. The van der Waals surface area contributed by atoms with Gasteiger partial charge in [0.2, 0.25) is 0 Å². The lowest BCUT2D eigenvalue weighted by Crippen LogP contribution is -2.49. The van der Waals surface area contributed by atoms with E-state index in [-0.39, 0.29) is 5.69 Å². The number of para-hydroxylation sites is 1. The van der Waals surface area contributed by atoms with Gasteiger partial charge in [0.15, 0.2) is 0 Å². The summed E-state index contributed by atoms with van der Waals surface area (Å²) in [6.07, 6.45) is -4.44. The number of carbonyl (C=O) groups excluding carboxylic acids is 1. The van der Waals surface area contributed by atoms with E-state index in [0.717, 1.165) is 23.4 Å². The summed E-state index contributed by atoms with van der Waals surface area (Å²) in [6, 6.07) is 12.0. The van der Waals surface area contributed by atoms with Crippen LogP contribution in [0.2, 0.25) is 0 Å². The lowest BCUT2D eigenvalue weighted by Gasteiger charge is -2.34. The van der Waals surface area contributed by atoms with E-state index in [1.54, 1.807) is 12.0 Å². The van der Waals surface area contributed by atoms with Gasteiger partial charge in [0.05, 0.1) is 12.7 Å². The van der Waals surface area contributed by atoms with E-state index in [1.807, 2.05) is 24.3 Å². The number of rotatable bonds is 4. The Morgan fingerprint density at radius 1 is 1.07 bits per heavy atom. The second-order valence-electron chi connectivity index (χ2n) is 6.58. The van der Waals surface area contributed by atoms with Crippen LogP contribution in [0.3, 0.4) is 0 Å². The average Bonchev–Trinajstić information content (AvgIpc) is 2.68. The highest BCUT2D eigenvalue weighted by Gasteiger charge is 2.30. The molecule has 1 fully saturated rings. The Morgan fingerprint density at radius 3 is 2.46 bits per heavy atom. The third-order valence-corrected chi connectivity index (χ3v) is 4.69. The van der Waals surface area contributed by atoms with Gasteiger partial charge in [-0.05, 0) is 24.3 Å². The van der Waals surface area contributed by atoms with Gasteiger partial charge in [-0.3, -0.25) is 4.90 Å². The summed E-state index contributed by atoms with van der Waals surface area (Å²) in [4.78, 5) is 16.2. The number of amides is 2. The molecule has 0 bridgehead atoms. The number of benzene rings is 2. The molecule has 0 aliphatic carbocycles. The van der Waals surface area contributed by atoms with E-state index in [1.165, 1.54) is 12.1 Å². The second-order valence-corrected chi connectivity index (χ2v) is 6.58. The summed E-state index contributed by atoms with van der Waals surface area (Å²) < 4.78 is 43.8. The van der Waals surface area contributed by atoms with E-state index in [2.05, 4.69) is 10.2 Å². The van der Waals surface area contributed by atoms with Gasteiger partial charge in [-0.25, -0.2) is 4.79 Å². The molecule has 0 spiro atoms. The minimum Gasteiger partial charge on any atom is -0.496 e. The van der Waals surface area contributed by atoms with Crippen LogP contribution in [-0.4, -0.2) is 49.1 Å². The van der Waals surface area contributed by atoms with Gasteiger partial charge in [0.25, 0.3) is 0 Å². The van der Waals surface area contributed by atoms with Gasteiger partial charge < -0.3 is 15.0 Å². The molecule has 0 atom stereocenters. The van der Waals surface area contributed by atoms with Crippen LogP contribution >= 0.6 is 0 Å². The van der Waals surface area contributed by atoms with E-state index in [0.29, 0.717) is 32.7 Å². The average molecular weight is 393 g/mol. The number of hydrogen-bond acceptors (Lipinski definition) is 3. The summed E-state index contributed by atoms with van der Waals surface area (Å²) in [5.74, 6) is 0.826. The van der Waals surface area contributed by atoms with Crippen LogP contribution < -0.4 is 10.1 Å². The summed E-state index contributed by atoms with van der Waals surface area (Å²) >= 11 is 0. The number of hydrogen-bond donors (Lipinski definition) is 1. The number of carbonyl (C=O) groups is 1. The zero-order valence-electron chi connectivity index (χ0n) is 15.5. The molecule has 1 aliphatic rings. The monoisotopic (exact) mass is 393 g/mol. The largest absolute Gasteiger partial charge is 0.496 e. The summed E-state index contributed by atoms with van der Waals surface area (Å²) in [6.45, 7) is 3.06. The predicted molar refractivity (Wildman–Crippen MR) is 100 cm³/mol. The number of methoxy groups -OCH3 is 1. The standard InChI is InChI=1S/C20H22F3N3O2/c1-28-18-8-3-2-5-15(18)14-25-9-11-26(12-10-25)19(27)24-17-7-4-6-16(13-17)20(21,22)23/h2-8,13H,9-12,14H2,1H3,(H,24,27). The Labute approximate surface area is 161 Å². The van der Waals surface area contributed by atoms with Gasteiger partial charge in [0.1, 0.15) is 5.75 Å². The first-order valence-corrected chi connectivity index (χ1v) is 8.94. The van der Waals surface area contributed by atoms with E-state index in [4.69, 9.17) is 4.74 Å². The summed E-state index contributed by atoms with van der Waals surface area (Å²) in [5.41, 5.74) is 0.426. The zero-order valence-corrected chi connectivity index (χ0v) is 15.5. The number of nitrogens with one attached hydrogen (secondary N) is 1. The molecule has 0 unspecified atom stereocenters. The Hall–Kier alpha value is -2.74. The highest BCUT2D eigenvalue weighted by molar-refractivity contribution is 5.89. The lowest BCUT2D eigenvalue weighted by molar-refractivity contribution is -0.137. The molecule has 3 rings (SSSR count). The van der Waals surface area contributed by atoms with Crippen molar-refractivity contribution in [3.05, 3.63) is 59.7 Å². The van der Waals surface area contributed by atoms with Crippen molar-refractivity contribution in [1.29, 1.82) is 0 Å². The van der Waals surface area contributed by atoms with Crippen LogP contribution in [0.4, 0.5) is 23.7 Å². The minimum absolute atomic E-state index is 0.135. The van der Waals surface area contributed by atoms with Gasteiger partial charge in [0, 0.05) is 44.0 Å². The van der Waals surface area contributed by atoms with Crippen LogP contribution in [0.5, 0.6) is 5.75 Å². The quantitative estimate of drug-likeness (QED) is 0.852. The normalized spacial score (nSPS) is 15.4. The van der Waals surface area contributed by atoms with Gasteiger partial charge in [-0.15, -0.1) is 0 Å². The number of nitrogens with zero attached hydrogens (tertiary/aromatic N) is 2. The molecule has 0 radical (unpaired) electrons. The van der Waals surface area contributed by atoms with E-state index < -0.39 is 17.8 Å². The summed E-state index contributed by atoms with van der Waals surface area (Å²) in [7, 11) is 1.63. The molecule has 0 saturated carbocycles. The molecule has 2 aromatic rings. The number of halogens is 3. The topological polar surface area (TPSA) is 44.8 Å². The SMILES string of the molecule is COc1ccccc1CN1CCN(C(=O)Nc2cccc(C(F)(F)F)c2)CC1. The zero-order chi connectivity index (χ0) is 20.1. The Morgan fingerprint density at radius 2 is 1.79 bits per heavy atom. The maximum atomic E-state index is 12.8. The molecule has 150 valence electrons.